The van der Waals surface area contributed by atoms with E-state index in [1.807, 2.05) is 20.2 Å². The van der Waals surface area contributed by atoms with Crippen molar-refractivity contribution >= 4 is 27.0 Å². The molecule has 1 aromatic carbocycles. The first-order valence-corrected chi connectivity index (χ1v) is 8.34. The molecule has 0 aliphatic rings. The largest absolute Gasteiger partial charge is 0.328 e. The third kappa shape index (κ3) is 3.10. The molecule has 2 rings (SSSR count). The predicted molar refractivity (Wildman–Crippen MR) is 93.1 cm³/mol. The van der Waals surface area contributed by atoms with Gasteiger partial charge in [-0.25, -0.2) is 4.79 Å². The first-order chi connectivity index (χ1) is 9.62. The lowest BCUT2D eigenvalue weighted by atomic mass is 9.79. The number of halogens is 1. The zero-order valence-electron chi connectivity index (χ0n) is 13.8. The van der Waals surface area contributed by atoms with Crippen LogP contribution < -0.4 is 5.69 Å². The summed E-state index contributed by atoms with van der Waals surface area (Å²) in [6, 6.07) is 6.30. The number of alkyl halides is 1. The maximum atomic E-state index is 12.0. The first-order valence-electron chi connectivity index (χ1n) is 7.42. The summed E-state index contributed by atoms with van der Waals surface area (Å²) >= 11 is 3.82. The van der Waals surface area contributed by atoms with Crippen LogP contribution in [0.2, 0.25) is 0 Å². The van der Waals surface area contributed by atoms with Gasteiger partial charge in [-0.3, -0.25) is 9.13 Å². The van der Waals surface area contributed by atoms with Gasteiger partial charge in [0.05, 0.1) is 11.0 Å². The number of hydrogen-bond donors (Lipinski definition) is 0. The van der Waals surface area contributed by atoms with Crippen molar-refractivity contribution in [3.8, 4) is 0 Å². The highest BCUT2D eigenvalue weighted by Crippen LogP contribution is 2.37. The number of imidazole rings is 1. The van der Waals surface area contributed by atoms with Crippen LogP contribution in [0.5, 0.6) is 0 Å². The highest BCUT2D eigenvalue weighted by molar-refractivity contribution is 9.09. The molecule has 0 N–H and O–H groups in total. The van der Waals surface area contributed by atoms with Crippen LogP contribution in [-0.4, -0.2) is 9.13 Å². The SMILES string of the molecule is CC(CC(Br)c1ccc2c(c1)n(C)c(=O)n2C)C(C)(C)C. The quantitative estimate of drug-likeness (QED) is 0.752. The van der Waals surface area contributed by atoms with Crippen LogP contribution in [0.15, 0.2) is 23.0 Å². The van der Waals surface area contributed by atoms with Crippen molar-refractivity contribution in [3.63, 3.8) is 0 Å². The number of nitrogens with zero attached hydrogens (tertiary/aromatic N) is 2. The molecule has 0 saturated carbocycles. The summed E-state index contributed by atoms with van der Waals surface area (Å²) in [6.07, 6.45) is 1.08. The van der Waals surface area contributed by atoms with E-state index in [4.69, 9.17) is 0 Å². The van der Waals surface area contributed by atoms with Gasteiger partial charge in [0.15, 0.2) is 0 Å². The highest BCUT2D eigenvalue weighted by Gasteiger charge is 2.23. The summed E-state index contributed by atoms with van der Waals surface area (Å²) in [6.45, 7) is 9.13. The van der Waals surface area contributed by atoms with E-state index in [0.29, 0.717) is 16.2 Å². The lowest BCUT2D eigenvalue weighted by molar-refractivity contribution is 0.246. The number of benzene rings is 1. The Hall–Kier alpha value is -1.03. The van der Waals surface area contributed by atoms with Crippen LogP contribution in [0.3, 0.4) is 0 Å². The minimum atomic E-state index is 0.0244. The molecule has 0 bridgehead atoms. The van der Waals surface area contributed by atoms with Gasteiger partial charge in [-0.2, -0.15) is 0 Å². The standard InChI is InChI=1S/C17H25BrN2O/c1-11(17(2,3)4)9-13(18)12-7-8-14-15(10-12)20(6)16(21)19(14)5/h7-8,10-11,13H,9H2,1-6H3. The Morgan fingerprint density at radius 3 is 2.29 bits per heavy atom. The Morgan fingerprint density at radius 1 is 1.14 bits per heavy atom. The minimum absolute atomic E-state index is 0.0244. The van der Waals surface area contributed by atoms with Crippen LogP contribution in [0, 0.1) is 11.3 Å². The molecule has 1 heterocycles. The second-order valence-corrected chi connectivity index (χ2v) is 8.22. The van der Waals surface area contributed by atoms with Gasteiger partial charge in [-0.05, 0) is 35.4 Å². The summed E-state index contributed by atoms with van der Waals surface area (Å²) in [5.41, 5.74) is 3.54. The molecule has 2 aromatic rings. The molecular formula is C17H25BrN2O. The second kappa shape index (κ2) is 5.64. The fraction of sp³-hybridized carbons (Fsp3) is 0.588. The van der Waals surface area contributed by atoms with Crippen LogP contribution >= 0.6 is 15.9 Å². The van der Waals surface area contributed by atoms with Crippen LogP contribution in [0.25, 0.3) is 11.0 Å². The topological polar surface area (TPSA) is 26.9 Å². The van der Waals surface area contributed by atoms with Crippen molar-refractivity contribution in [2.45, 2.75) is 38.9 Å². The molecule has 3 nitrogen and oxygen atoms in total. The van der Waals surface area contributed by atoms with Gasteiger partial charge < -0.3 is 0 Å². The number of aromatic nitrogens is 2. The van der Waals surface area contributed by atoms with Crippen molar-refractivity contribution in [2.75, 3.05) is 0 Å². The van der Waals surface area contributed by atoms with Gasteiger partial charge in [-0.15, -0.1) is 0 Å². The first kappa shape index (κ1) is 16.3. The average molecular weight is 353 g/mol. The van der Waals surface area contributed by atoms with Crippen molar-refractivity contribution in [1.29, 1.82) is 0 Å². The lowest BCUT2D eigenvalue weighted by Crippen LogP contribution is -2.19. The second-order valence-electron chi connectivity index (χ2n) is 7.12. The average Bonchev–Trinajstić information content (AvgIpc) is 2.62. The van der Waals surface area contributed by atoms with E-state index < -0.39 is 0 Å². The third-order valence-electron chi connectivity index (χ3n) is 4.70. The third-order valence-corrected chi connectivity index (χ3v) is 5.60. The molecule has 0 aliphatic heterocycles. The number of fused-ring (bicyclic) bond motifs is 1. The molecular weight excluding hydrogens is 328 g/mol. The fourth-order valence-electron chi connectivity index (χ4n) is 2.52. The van der Waals surface area contributed by atoms with E-state index in [9.17, 15) is 4.79 Å². The monoisotopic (exact) mass is 352 g/mol. The summed E-state index contributed by atoms with van der Waals surface area (Å²) in [4.78, 5) is 12.3. The van der Waals surface area contributed by atoms with E-state index in [2.05, 4.69) is 55.8 Å². The Labute approximate surface area is 135 Å². The van der Waals surface area contributed by atoms with E-state index in [-0.39, 0.29) is 5.69 Å². The van der Waals surface area contributed by atoms with Gasteiger partial charge in [0.2, 0.25) is 0 Å². The van der Waals surface area contributed by atoms with Gasteiger partial charge in [0, 0.05) is 18.9 Å². The van der Waals surface area contributed by atoms with Crippen molar-refractivity contribution in [3.05, 3.63) is 34.2 Å². The summed E-state index contributed by atoms with van der Waals surface area (Å²) in [7, 11) is 3.65. The Bertz CT molecular complexity index is 706. The smallest absolute Gasteiger partial charge is 0.295 e. The maximum absolute atomic E-state index is 12.0. The number of aryl methyl sites for hydroxylation is 2. The summed E-state index contributed by atoms with van der Waals surface area (Å²) in [5, 5.41) is 0. The zero-order valence-corrected chi connectivity index (χ0v) is 15.4. The Balaban J connectivity index is 2.35. The van der Waals surface area contributed by atoms with Gasteiger partial charge >= 0.3 is 5.69 Å². The minimum Gasteiger partial charge on any atom is -0.295 e. The molecule has 1 aromatic heterocycles. The molecule has 0 saturated heterocycles. The molecule has 116 valence electrons. The summed E-state index contributed by atoms with van der Waals surface area (Å²) in [5.74, 6) is 0.608. The van der Waals surface area contributed by atoms with E-state index in [0.717, 1.165) is 17.5 Å². The molecule has 0 amide bonds. The lowest BCUT2D eigenvalue weighted by Gasteiger charge is -2.29. The van der Waals surface area contributed by atoms with Crippen LogP contribution in [0.4, 0.5) is 0 Å². The van der Waals surface area contributed by atoms with Gasteiger partial charge in [0.1, 0.15) is 0 Å². The molecule has 0 aliphatic carbocycles. The molecule has 0 spiro atoms. The Morgan fingerprint density at radius 2 is 1.71 bits per heavy atom. The van der Waals surface area contributed by atoms with Crippen LogP contribution in [0.1, 0.15) is 44.5 Å². The van der Waals surface area contributed by atoms with Crippen molar-refractivity contribution < 1.29 is 0 Å². The predicted octanol–water partition coefficient (Wildman–Crippen LogP) is 4.39. The molecule has 2 atom stereocenters. The van der Waals surface area contributed by atoms with Crippen molar-refractivity contribution in [1.82, 2.24) is 9.13 Å². The molecule has 0 radical (unpaired) electrons. The molecule has 2 unspecified atom stereocenters. The van der Waals surface area contributed by atoms with Gasteiger partial charge in [0.25, 0.3) is 0 Å². The van der Waals surface area contributed by atoms with E-state index in [1.165, 1.54) is 5.56 Å². The highest BCUT2D eigenvalue weighted by atomic mass is 79.9. The zero-order chi connectivity index (χ0) is 15.9. The summed E-state index contributed by atoms with van der Waals surface area (Å²) < 4.78 is 3.41. The number of hydrogen-bond acceptors (Lipinski definition) is 1. The molecule has 4 heteroatoms. The molecule has 0 fully saturated rings. The number of rotatable bonds is 3. The Kier molecular flexibility index (Phi) is 4.39. The van der Waals surface area contributed by atoms with E-state index in [1.54, 1.807) is 9.13 Å². The van der Waals surface area contributed by atoms with Crippen LogP contribution in [-0.2, 0) is 14.1 Å². The fourth-order valence-corrected chi connectivity index (χ4v) is 3.36. The normalized spacial score (nSPS) is 15.4. The van der Waals surface area contributed by atoms with Gasteiger partial charge in [-0.1, -0.05) is 49.7 Å². The molecule has 21 heavy (non-hydrogen) atoms. The van der Waals surface area contributed by atoms with Crippen molar-refractivity contribution in [2.24, 2.45) is 25.4 Å². The maximum Gasteiger partial charge on any atom is 0.328 e. The van der Waals surface area contributed by atoms with E-state index >= 15 is 0 Å².